The lowest BCUT2D eigenvalue weighted by molar-refractivity contribution is 0.109. The number of nitrogens with zero attached hydrogens (tertiary/aromatic N) is 2. The van der Waals surface area contributed by atoms with E-state index < -0.39 is 0 Å². The molecule has 3 N–H and O–H groups in total. The SMILES string of the molecule is NCc1cc(CN(CCCO)C2CCC2)ccn1. The summed E-state index contributed by atoms with van der Waals surface area (Å²) in [6.45, 7) is 2.68. The molecule has 100 valence electrons. The molecule has 2 rings (SSSR count). The zero-order valence-corrected chi connectivity index (χ0v) is 10.9. The summed E-state index contributed by atoms with van der Waals surface area (Å²) in [5, 5.41) is 8.98. The van der Waals surface area contributed by atoms with Gasteiger partial charge < -0.3 is 10.8 Å². The highest BCUT2D eigenvalue weighted by Crippen LogP contribution is 2.26. The summed E-state index contributed by atoms with van der Waals surface area (Å²) in [5.74, 6) is 0. The van der Waals surface area contributed by atoms with Gasteiger partial charge in [-0.15, -0.1) is 0 Å². The molecule has 4 heteroatoms. The predicted molar refractivity (Wildman–Crippen MR) is 71.9 cm³/mol. The van der Waals surface area contributed by atoms with E-state index in [9.17, 15) is 0 Å². The van der Waals surface area contributed by atoms with E-state index >= 15 is 0 Å². The molecule has 0 aromatic carbocycles. The molecule has 0 radical (unpaired) electrons. The minimum atomic E-state index is 0.271. The van der Waals surface area contributed by atoms with E-state index in [0.717, 1.165) is 25.2 Å². The molecule has 1 aromatic rings. The highest BCUT2D eigenvalue weighted by atomic mass is 16.3. The maximum Gasteiger partial charge on any atom is 0.0542 e. The van der Waals surface area contributed by atoms with Crippen LogP contribution in [-0.4, -0.2) is 34.2 Å². The lowest BCUT2D eigenvalue weighted by atomic mass is 9.91. The van der Waals surface area contributed by atoms with E-state index in [1.165, 1.54) is 24.8 Å². The average molecular weight is 249 g/mol. The minimum Gasteiger partial charge on any atom is -0.396 e. The fourth-order valence-corrected chi connectivity index (χ4v) is 2.39. The van der Waals surface area contributed by atoms with Gasteiger partial charge in [0.2, 0.25) is 0 Å². The van der Waals surface area contributed by atoms with Crippen molar-refractivity contribution < 1.29 is 5.11 Å². The Morgan fingerprint density at radius 1 is 1.44 bits per heavy atom. The highest BCUT2D eigenvalue weighted by Gasteiger charge is 2.24. The van der Waals surface area contributed by atoms with E-state index in [2.05, 4.69) is 22.0 Å². The van der Waals surface area contributed by atoms with E-state index in [1.807, 2.05) is 6.20 Å². The van der Waals surface area contributed by atoms with Crippen molar-refractivity contribution in [2.24, 2.45) is 5.73 Å². The fraction of sp³-hybridized carbons (Fsp3) is 0.643. The fourth-order valence-electron chi connectivity index (χ4n) is 2.39. The summed E-state index contributed by atoms with van der Waals surface area (Å²) in [4.78, 5) is 6.70. The van der Waals surface area contributed by atoms with Crippen LogP contribution in [0.15, 0.2) is 18.3 Å². The molecule has 0 atom stereocenters. The van der Waals surface area contributed by atoms with Gasteiger partial charge in [0, 0.05) is 38.5 Å². The van der Waals surface area contributed by atoms with Crippen LogP contribution < -0.4 is 5.73 Å². The molecule has 0 unspecified atom stereocenters. The molecule has 0 aliphatic heterocycles. The molecule has 0 spiro atoms. The molecule has 0 amide bonds. The van der Waals surface area contributed by atoms with Crippen LogP contribution in [0.3, 0.4) is 0 Å². The van der Waals surface area contributed by atoms with E-state index in [4.69, 9.17) is 10.8 Å². The normalized spacial score (nSPS) is 15.9. The van der Waals surface area contributed by atoms with Crippen LogP contribution in [0.25, 0.3) is 0 Å². The molecule has 1 aliphatic rings. The zero-order chi connectivity index (χ0) is 12.8. The van der Waals surface area contributed by atoms with Crippen LogP contribution in [0.5, 0.6) is 0 Å². The Bertz CT molecular complexity index is 366. The zero-order valence-electron chi connectivity index (χ0n) is 10.9. The Kier molecular flexibility index (Phi) is 5.11. The van der Waals surface area contributed by atoms with Gasteiger partial charge in [-0.25, -0.2) is 0 Å². The molecule has 1 heterocycles. The summed E-state index contributed by atoms with van der Waals surface area (Å²) in [5.41, 5.74) is 7.84. The Hall–Kier alpha value is -0.970. The molecule has 4 nitrogen and oxygen atoms in total. The van der Waals surface area contributed by atoms with E-state index in [-0.39, 0.29) is 6.61 Å². The van der Waals surface area contributed by atoms with Crippen molar-refractivity contribution in [2.75, 3.05) is 13.2 Å². The minimum absolute atomic E-state index is 0.271. The van der Waals surface area contributed by atoms with Gasteiger partial charge in [-0.05, 0) is 37.0 Å². The molecule has 0 saturated heterocycles. The van der Waals surface area contributed by atoms with Gasteiger partial charge >= 0.3 is 0 Å². The number of nitrogens with two attached hydrogens (primary N) is 1. The average Bonchev–Trinajstić information content (AvgIpc) is 2.34. The number of hydrogen-bond donors (Lipinski definition) is 2. The topological polar surface area (TPSA) is 62.4 Å². The second-order valence-corrected chi connectivity index (χ2v) is 4.99. The van der Waals surface area contributed by atoms with Crippen LogP contribution in [0.1, 0.15) is 36.9 Å². The van der Waals surface area contributed by atoms with Crippen molar-refractivity contribution in [3.05, 3.63) is 29.6 Å². The van der Waals surface area contributed by atoms with Crippen molar-refractivity contribution in [1.29, 1.82) is 0 Å². The van der Waals surface area contributed by atoms with Crippen molar-refractivity contribution in [3.8, 4) is 0 Å². The van der Waals surface area contributed by atoms with Crippen LogP contribution in [0.2, 0.25) is 0 Å². The maximum atomic E-state index is 8.98. The first-order valence-corrected chi connectivity index (χ1v) is 6.82. The predicted octanol–water partition coefficient (Wildman–Crippen LogP) is 1.28. The van der Waals surface area contributed by atoms with Crippen molar-refractivity contribution >= 4 is 0 Å². The maximum absolute atomic E-state index is 8.98. The molecule has 1 fully saturated rings. The summed E-state index contributed by atoms with van der Waals surface area (Å²) < 4.78 is 0. The first-order valence-electron chi connectivity index (χ1n) is 6.82. The van der Waals surface area contributed by atoms with Crippen LogP contribution in [0, 0.1) is 0 Å². The number of pyridine rings is 1. The first-order chi connectivity index (χ1) is 8.83. The summed E-state index contributed by atoms with van der Waals surface area (Å²) >= 11 is 0. The molecule has 1 aromatic heterocycles. The number of rotatable bonds is 7. The third-order valence-electron chi connectivity index (χ3n) is 3.67. The van der Waals surface area contributed by atoms with Gasteiger partial charge in [-0.1, -0.05) is 6.42 Å². The van der Waals surface area contributed by atoms with Gasteiger partial charge in [-0.3, -0.25) is 9.88 Å². The quantitative estimate of drug-likeness (QED) is 0.764. The van der Waals surface area contributed by atoms with Crippen LogP contribution >= 0.6 is 0 Å². The first kappa shape index (κ1) is 13.5. The number of aliphatic hydroxyl groups excluding tert-OH is 1. The van der Waals surface area contributed by atoms with Gasteiger partial charge in [0.25, 0.3) is 0 Å². The van der Waals surface area contributed by atoms with Gasteiger partial charge in [0.15, 0.2) is 0 Å². The second kappa shape index (κ2) is 6.83. The Morgan fingerprint density at radius 2 is 2.28 bits per heavy atom. The van der Waals surface area contributed by atoms with Crippen LogP contribution in [-0.2, 0) is 13.1 Å². The van der Waals surface area contributed by atoms with Crippen LogP contribution in [0.4, 0.5) is 0 Å². The molecule has 0 bridgehead atoms. The summed E-state index contributed by atoms with van der Waals surface area (Å²) in [6.07, 6.45) is 6.61. The lowest BCUT2D eigenvalue weighted by Crippen LogP contribution is -2.40. The molecular weight excluding hydrogens is 226 g/mol. The second-order valence-electron chi connectivity index (χ2n) is 4.99. The number of aliphatic hydroxyl groups is 1. The smallest absolute Gasteiger partial charge is 0.0542 e. The standard InChI is InChI=1S/C14H23N3O/c15-10-13-9-12(5-6-16-13)11-17(7-2-8-18)14-3-1-4-14/h5-6,9,14,18H,1-4,7-8,10-11,15H2. The molecule has 1 saturated carbocycles. The molecular formula is C14H23N3O. The molecule has 1 aliphatic carbocycles. The van der Waals surface area contributed by atoms with Gasteiger partial charge in [-0.2, -0.15) is 0 Å². The number of aromatic nitrogens is 1. The van der Waals surface area contributed by atoms with E-state index in [1.54, 1.807) is 0 Å². The van der Waals surface area contributed by atoms with Crippen molar-refractivity contribution in [2.45, 2.75) is 44.8 Å². The van der Waals surface area contributed by atoms with Gasteiger partial charge in [0.05, 0.1) is 5.69 Å². The lowest BCUT2D eigenvalue weighted by Gasteiger charge is -2.37. The monoisotopic (exact) mass is 249 g/mol. The third-order valence-corrected chi connectivity index (χ3v) is 3.67. The summed E-state index contributed by atoms with van der Waals surface area (Å²) in [6, 6.07) is 4.85. The van der Waals surface area contributed by atoms with Crippen molar-refractivity contribution in [3.63, 3.8) is 0 Å². The Morgan fingerprint density at radius 3 is 2.89 bits per heavy atom. The molecule has 18 heavy (non-hydrogen) atoms. The summed E-state index contributed by atoms with van der Waals surface area (Å²) in [7, 11) is 0. The Labute approximate surface area is 109 Å². The number of hydrogen-bond acceptors (Lipinski definition) is 4. The van der Waals surface area contributed by atoms with Crippen molar-refractivity contribution in [1.82, 2.24) is 9.88 Å². The van der Waals surface area contributed by atoms with Gasteiger partial charge in [0.1, 0.15) is 0 Å². The highest BCUT2D eigenvalue weighted by molar-refractivity contribution is 5.16. The third kappa shape index (κ3) is 3.51. The Balaban J connectivity index is 1.97. The van der Waals surface area contributed by atoms with E-state index in [0.29, 0.717) is 12.6 Å². The largest absolute Gasteiger partial charge is 0.396 e.